The van der Waals surface area contributed by atoms with Gasteiger partial charge in [0.2, 0.25) is 10.0 Å². The molecule has 4 rings (SSSR count). The molecule has 32 heavy (non-hydrogen) atoms. The first kappa shape index (κ1) is 22.3. The third-order valence-corrected chi connectivity index (χ3v) is 7.10. The van der Waals surface area contributed by atoms with Crippen LogP contribution in [0, 0.1) is 6.92 Å². The molecule has 1 aromatic heterocycles. The van der Waals surface area contributed by atoms with Crippen molar-refractivity contribution in [2.75, 3.05) is 13.1 Å². The molecule has 168 valence electrons. The number of esters is 1. The van der Waals surface area contributed by atoms with Crippen molar-refractivity contribution in [1.82, 2.24) is 14.3 Å². The summed E-state index contributed by atoms with van der Waals surface area (Å²) >= 11 is 0. The lowest BCUT2D eigenvalue weighted by Gasteiger charge is -2.34. The number of para-hydroxylation sites is 2. The van der Waals surface area contributed by atoms with Gasteiger partial charge in [0.25, 0.3) is 0 Å². The Kier molecular flexibility index (Phi) is 6.23. The smallest absolute Gasteiger partial charge is 0.338 e. The average molecular weight is 456 g/mol. The van der Waals surface area contributed by atoms with Crippen molar-refractivity contribution in [2.45, 2.75) is 44.5 Å². The maximum atomic E-state index is 13.1. The second-order valence-corrected chi connectivity index (χ2v) is 9.87. The molecule has 0 amide bonds. The standard InChI is InChI=1S/C23H25N3O5S/c1-15-12-26(13-16(2)31-15)32(28,29)19-8-6-7-18(11-19)23(27)30-14-22-17(3)24-20-9-4-5-10-21(20)25-22/h4-11,15-16H,12-14H2,1-3H3/t15-,16+. The van der Waals surface area contributed by atoms with Crippen LogP contribution >= 0.6 is 0 Å². The lowest BCUT2D eigenvalue weighted by molar-refractivity contribution is -0.0440. The van der Waals surface area contributed by atoms with E-state index in [1.54, 1.807) is 6.92 Å². The van der Waals surface area contributed by atoms with Crippen LogP contribution in [0.1, 0.15) is 35.6 Å². The number of carbonyl (C=O) groups excluding carboxylic acids is 1. The van der Waals surface area contributed by atoms with Crippen LogP contribution in [0.2, 0.25) is 0 Å². The first-order valence-corrected chi connectivity index (χ1v) is 11.8. The number of rotatable bonds is 5. The number of fused-ring (bicyclic) bond motifs is 1. The Balaban J connectivity index is 1.51. The first-order chi connectivity index (χ1) is 15.2. The van der Waals surface area contributed by atoms with E-state index < -0.39 is 16.0 Å². The molecule has 9 heteroatoms. The maximum absolute atomic E-state index is 13.1. The van der Waals surface area contributed by atoms with Crippen molar-refractivity contribution >= 4 is 27.0 Å². The predicted molar refractivity (Wildman–Crippen MR) is 119 cm³/mol. The van der Waals surface area contributed by atoms with Crippen molar-refractivity contribution in [1.29, 1.82) is 0 Å². The van der Waals surface area contributed by atoms with Gasteiger partial charge in [-0.3, -0.25) is 0 Å². The molecule has 3 aromatic rings. The fourth-order valence-electron chi connectivity index (χ4n) is 3.74. The molecule has 2 aromatic carbocycles. The molecule has 0 radical (unpaired) electrons. The van der Waals surface area contributed by atoms with Crippen LogP contribution in [0.25, 0.3) is 11.0 Å². The Morgan fingerprint density at radius 1 is 1.06 bits per heavy atom. The molecule has 0 spiro atoms. The minimum atomic E-state index is -3.76. The largest absolute Gasteiger partial charge is 0.456 e. The maximum Gasteiger partial charge on any atom is 0.338 e. The van der Waals surface area contributed by atoms with Crippen molar-refractivity contribution in [3.05, 3.63) is 65.5 Å². The van der Waals surface area contributed by atoms with Gasteiger partial charge in [-0.15, -0.1) is 0 Å². The molecule has 1 saturated heterocycles. The summed E-state index contributed by atoms with van der Waals surface area (Å²) in [4.78, 5) is 21.7. The van der Waals surface area contributed by atoms with Gasteiger partial charge >= 0.3 is 5.97 Å². The summed E-state index contributed by atoms with van der Waals surface area (Å²) < 4.78 is 38.6. The SMILES string of the molecule is Cc1nc2ccccc2nc1COC(=O)c1cccc(S(=O)(=O)N2C[C@@H](C)O[C@@H](C)C2)c1. The highest BCUT2D eigenvalue weighted by Gasteiger charge is 2.32. The van der Waals surface area contributed by atoms with Crippen LogP contribution in [0.15, 0.2) is 53.4 Å². The molecule has 0 N–H and O–H groups in total. The fourth-order valence-corrected chi connectivity index (χ4v) is 5.38. The highest BCUT2D eigenvalue weighted by Crippen LogP contribution is 2.22. The number of ether oxygens (including phenoxy) is 2. The second-order valence-electron chi connectivity index (χ2n) is 7.93. The molecular formula is C23H25N3O5S. The monoisotopic (exact) mass is 455 g/mol. The predicted octanol–water partition coefficient (Wildman–Crippen LogP) is 3.09. The Morgan fingerprint density at radius 3 is 2.41 bits per heavy atom. The average Bonchev–Trinajstić information content (AvgIpc) is 2.77. The summed E-state index contributed by atoms with van der Waals surface area (Å²) in [6.07, 6.45) is -0.402. The van der Waals surface area contributed by atoms with Gasteiger partial charge in [-0.1, -0.05) is 18.2 Å². The van der Waals surface area contributed by atoms with E-state index in [0.29, 0.717) is 16.9 Å². The van der Waals surface area contributed by atoms with E-state index in [2.05, 4.69) is 9.97 Å². The zero-order chi connectivity index (χ0) is 22.9. The van der Waals surface area contributed by atoms with Crippen molar-refractivity contribution in [3.8, 4) is 0 Å². The lowest BCUT2D eigenvalue weighted by atomic mass is 10.2. The molecule has 0 bridgehead atoms. The van der Waals surface area contributed by atoms with E-state index >= 15 is 0 Å². The van der Waals surface area contributed by atoms with Gasteiger partial charge in [0.05, 0.1) is 45.1 Å². The summed E-state index contributed by atoms with van der Waals surface area (Å²) in [5.74, 6) is -0.625. The fraction of sp³-hybridized carbons (Fsp3) is 0.348. The number of aryl methyl sites for hydroxylation is 1. The summed E-state index contributed by atoms with van der Waals surface area (Å²) in [6.45, 7) is 5.95. The van der Waals surface area contributed by atoms with E-state index in [1.807, 2.05) is 38.1 Å². The number of hydrogen-bond acceptors (Lipinski definition) is 7. The number of carbonyl (C=O) groups is 1. The number of sulfonamides is 1. The normalized spacial score (nSPS) is 19.7. The van der Waals surface area contributed by atoms with Gasteiger partial charge in [-0.25, -0.2) is 23.2 Å². The van der Waals surface area contributed by atoms with E-state index in [0.717, 1.165) is 5.52 Å². The van der Waals surface area contributed by atoms with Gasteiger partial charge in [0.1, 0.15) is 6.61 Å². The zero-order valence-electron chi connectivity index (χ0n) is 18.2. The molecule has 2 atom stereocenters. The Morgan fingerprint density at radius 2 is 1.72 bits per heavy atom. The number of hydrogen-bond donors (Lipinski definition) is 0. The van der Waals surface area contributed by atoms with Gasteiger partial charge in [0, 0.05) is 13.1 Å². The summed E-state index contributed by atoms with van der Waals surface area (Å²) in [6, 6.07) is 13.4. The van der Waals surface area contributed by atoms with Crippen molar-refractivity contribution in [2.24, 2.45) is 0 Å². The van der Waals surface area contributed by atoms with Gasteiger partial charge in [-0.05, 0) is 51.1 Å². The highest BCUT2D eigenvalue weighted by molar-refractivity contribution is 7.89. The van der Waals surface area contributed by atoms with E-state index in [-0.39, 0.29) is 42.4 Å². The molecule has 0 unspecified atom stereocenters. The third-order valence-electron chi connectivity index (χ3n) is 5.28. The molecule has 0 aliphatic carbocycles. The Bertz CT molecular complexity index is 1250. The molecule has 0 saturated carbocycles. The van der Waals surface area contributed by atoms with Crippen LogP contribution in [-0.4, -0.2) is 54.0 Å². The van der Waals surface area contributed by atoms with Crippen LogP contribution in [-0.2, 0) is 26.1 Å². The molecule has 1 fully saturated rings. The van der Waals surface area contributed by atoms with Crippen LogP contribution in [0.3, 0.4) is 0 Å². The van der Waals surface area contributed by atoms with Crippen LogP contribution < -0.4 is 0 Å². The number of morpholine rings is 1. The number of aromatic nitrogens is 2. The summed E-state index contributed by atoms with van der Waals surface area (Å²) in [5.41, 5.74) is 2.86. The summed E-state index contributed by atoms with van der Waals surface area (Å²) in [7, 11) is -3.76. The topological polar surface area (TPSA) is 98.7 Å². The van der Waals surface area contributed by atoms with Crippen molar-refractivity contribution in [3.63, 3.8) is 0 Å². The third kappa shape index (κ3) is 4.64. The molecule has 1 aliphatic rings. The van der Waals surface area contributed by atoms with E-state index in [9.17, 15) is 13.2 Å². The second kappa shape index (κ2) is 8.93. The van der Waals surface area contributed by atoms with E-state index in [4.69, 9.17) is 9.47 Å². The Hall–Kier alpha value is -2.88. The van der Waals surface area contributed by atoms with Gasteiger partial charge < -0.3 is 9.47 Å². The van der Waals surface area contributed by atoms with Crippen LogP contribution in [0.5, 0.6) is 0 Å². The molecule has 2 heterocycles. The molecular weight excluding hydrogens is 430 g/mol. The van der Waals surface area contributed by atoms with Crippen LogP contribution in [0.4, 0.5) is 0 Å². The molecule has 1 aliphatic heterocycles. The zero-order valence-corrected chi connectivity index (χ0v) is 19.0. The highest BCUT2D eigenvalue weighted by atomic mass is 32.2. The number of nitrogens with zero attached hydrogens (tertiary/aromatic N) is 3. The number of benzene rings is 2. The lowest BCUT2D eigenvalue weighted by Crippen LogP contribution is -2.48. The van der Waals surface area contributed by atoms with Crippen molar-refractivity contribution < 1.29 is 22.7 Å². The quantitative estimate of drug-likeness (QED) is 0.545. The van der Waals surface area contributed by atoms with Gasteiger partial charge in [-0.2, -0.15) is 4.31 Å². The molecule has 8 nitrogen and oxygen atoms in total. The minimum Gasteiger partial charge on any atom is -0.456 e. The summed E-state index contributed by atoms with van der Waals surface area (Å²) in [5, 5.41) is 0. The Labute approximate surface area is 187 Å². The van der Waals surface area contributed by atoms with E-state index in [1.165, 1.54) is 28.6 Å². The van der Waals surface area contributed by atoms with Gasteiger partial charge in [0.15, 0.2) is 0 Å². The first-order valence-electron chi connectivity index (χ1n) is 10.4. The minimum absolute atomic E-state index is 0.0509.